The molecule has 15 heavy (non-hydrogen) atoms. The van der Waals surface area contributed by atoms with Gasteiger partial charge in [0.05, 0.1) is 0 Å². The minimum Gasteiger partial charge on any atom is -0.478 e. The maximum atomic E-state index is 12.8. The molecule has 1 rings (SSSR count). The van der Waals surface area contributed by atoms with Crippen LogP contribution in [-0.4, -0.2) is 41.5 Å². The molecule has 0 aromatic rings. The number of carboxylic acids is 1. The third kappa shape index (κ3) is 4.38. The summed E-state index contributed by atoms with van der Waals surface area (Å²) in [5, 5.41) is 8.48. The van der Waals surface area contributed by atoms with Crippen molar-refractivity contribution in [2.45, 2.75) is 25.7 Å². The van der Waals surface area contributed by atoms with Crippen LogP contribution in [0.4, 0.5) is 8.78 Å². The van der Waals surface area contributed by atoms with E-state index in [1.165, 1.54) is 0 Å². The number of halogens is 2. The molecule has 0 aliphatic carbocycles. The first kappa shape index (κ1) is 12.1. The topological polar surface area (TPSA) is 40.5 Å². The lowest BCUT2D eigenvalue weighted by atomic mass is 10.1. The van der Waals surface area contributed by atoms with Crippen molar-refractivity contribution in [1.29, 1.82) is 0 Å². The average Bonchev–Trinajstić information content (AvgIpc) is 2.07. The average molecular weight is 219 g/mol. The smallest absolute Gasteiger partial charge is 0.328 e. The SMILES string of the molecule is C/C(=C\C(=O)O)CN1CCC(F)(F)CC1. The van der Waals surface area contributed by atoms with E-state index in [1.54, 1.807) is 6.92 Å². The summed E-state index contributed by atoms with van der Waals surface area (Å²) < 4.78 is 25.6. The molecule has 0 spiro atoms. The van der Waals surface area contributed by atoms with E-state index < -0.39 is 11.9 Å². The Morgan fingerprint density at radius 2 is 2.00 bits per heavy atom. The summed E-state index contributed by atoms with van der Waals surface area (Å²) in [6.45, 7) is 2.82. The number of rotatable bonds is 3. The molecule has 86 valence electrons. The fourth-order valence-corrected chi connectivity index (χ4v) is 1.65. The summed E-state index contributed by atoms with van der Waals surface area (Å²) in [5.41, 5.74) is 0.688. The lowest BCUT2D eigenvalue weighted by molar-refractivity contribution is -0.131. The van der Waals surface area contributed by atoms with Crippen LogP contribution in [0.2, 0.25) is 0 Å². The maximum Gasteiger partial charge on any atom is 0.328 e. The number of hydrogen-bond acceptors (Lipinski definition) is 2. The summed E-state index contributed by atoms with van der Waals surface area (Å²) in [6.07, 6.45) is 0.855. The van der Waals surface area contributed by atoms with Gasteiger partial charge in [0.25, 0.3) is 5.92 Å². The molecule has 1 aliphatic rings. The van der Waals surface area contributed by atoms with Gasteiger partial charge in [-0.05, 0) is 6.92 Å². The second-order valence-corrected chi connectivity index (χ2v) is 3.96. The Hall–Kier alpha value is -0.970. The number of carboxylic acid groups (broad SMARTS) is 1. The molecule has 5 heteroatoms. The van der Waals surface area contributed by atoms with Crippen LogP contribution in [0.3, 0.4) is 0 Å². The van der Waals surface area contributed by atoms with Crippen molar-refractivity contribution < 1.29 is 18.7 Å². The largest absolute Gasteiger partial charge is 0.478 e. The molecule has 1 aliphatic heterocycles. The van der Waals surface area contributed by atoms with Gasteiger partial charge in [0, 0.05) is 38.6 Å². The van der Waals surface area contributed by atoms with E-state index in [4.69, 9.17) is 5.11 Å². The third-order valence-corrected chi connectivity index (χ3v) is 2.43. The monoisotopic (exact) mass is 219 g/mol. The molecule has 0 unspecified atom stereocenters. The van der Waals surface area contributed by atoms with Gasteiger partial charge in [0.2, 0.25) is 0 Å². The standard InChI is InChI=1S/C10H15F2NO2/c1-8(6-9(14)15)7-13-4-2-10(11,12)3-5-13/h6H,2-5,7H2,1H3,(H,14,15)/b8-6+. The van der Waals surface area contributed by atoms with Crippen LogP contribution in [-0.2, 0) is 4.79 Å². The first-order chi connectivity index (χ1) is 6.89. The van der Waals surface area contributed by atoms with Gasteiger partial charge in [-0.1, -0.05) is 5.57 Å². The van der Waals surface area contributed by atoms with Gasteiger partial charge in [-0.25, -0.2) is 13.6 Å². The lowest BCUT2D eigenvalue weighted by Crippen LogP contribution is -2.40. The quantitative estimate of drug-likeness (QED) is 0.735. The van der Waals surface area contributed by atoms with Gasteiger partial charge in [0.1, 0.15) is 0 Å². The van der Waals surface area contributed by atoms with Crippen LogP contribution < -0.4 is 0 Å². The van der Waals surface area contributed by atoms with E-state index in [9.17, 15) is 13.6 Å². The normalized spacial score (nSPS) is 22.7. The number of alkyl halides is 2. The molecule has 0 amide bonds. The Kier molecular flexibility index (Phi) is 3.79. The highest BCUT2D eigenvalue weighted by atomic mass is 19.3. The number of piperidine rings is 1. The van der Waals surface area contributed by atoms with Crippen LogP contribution in [0.1, 0.15) is 19.8 Å². The van der Waals surface area contributed by atoms with Gasteiger partial charge in [-0.3, -0.25) is 4.90 Å². The second kappa shape index (κ2) is 4.70. The molecule has 0 radical (unpaired) electrons. The zero-order valence-electron chi connectivity index (χ0n) is 8.67. The molecule has 0 aromatic carbocycles. The fourth-order valence-electron chi connectivity index (χ4n) is 1.65. The van der Waals surface area contributed by atoms with E-state index in [-0.39, 0.29) is 12.8 Å². The summed E-state index contributed by atoms with van der Waals surface area (Å²) in [5.74, 6) is -3.53. The number of aliphatic carboxylic acids is 1. The molecule has 3 nitrogen and oxygen atoms in total. The molecule has 1 heterocycles. The highest BCUT2D eigenvalue weighted by Gasteiger charge is 2.33. The molecule has 1 N–H and O–H groups in total. The fraction of sp³-hybridized carbons (Fsp3) is 0.700. The van der Waals surface area contributed by atoms with E-state index >= 15 is 0 Å². The van der Waals surface area contributed by atoms with Crippen LogP contribution in [0, 0.1) is 0 Å². The van der Waals surface area contributed by atoms with Gasteiger partial charge < -0.3 is 5.11 Å². The van der Waals surface area contributed by atoms with Gasteiger partial charge >= 0.3 is 5.97 Å². The molecule has 1 fully saturated rings. The van der Waals surface area contributed by atoms with Crippen molar-refractivity contribution in [2.75, 3.05) is 19.6 Å². The number of nitrogens with zero attached hydrogens (tertiary/aromatic N) is 1. The molecule has 0 atom stereocenters. The van der Waals surface area contributed by atoms with Crippen molar-refractivity contribution in [1.82, 2.24) is 4.90 Å². The third-order valence-electron chi connectivity index (χ3n) is 2.43. The van der Waals surface area contributed by atoms with E-state index in [0.717, 1.165) is 6.08 Å². The predicted octanol–water partition coefficient (Wildman–Crippen LogP) is 1.75. The van der Waals surface area contributed by atoms with Gasteiger partial charge in [-0.15, -0.1) is 0 Å². The molecule has 0 bridgehead atoms. The van der Waals surface area contributed by atoms with Crippen molar-refractivity contribution in [3.8, 4) is 0 Å². The summed E-state index contributed by atoms with van der Waals surface area (Å²) in [4.78, 5) is 12.2. The van der Waals surface area contributed by atoms with E-state index in [2.05, 4.69) is 0 Å². The highest BCUT2D eigenvalue weighted by Crippen LogP contribution is 2.27. The minimum atomic E-state index is -2.54. The number of carbonyl (C=O) groups is 1. The van der Waals surface area contributed by atoms with Crippen molar-refractivity contribution in [3.05, 3.63) is 11.6 Å². The van der Waals surface area contributed by atoms with E-state index in [0.29, 0.717) is 25.2 Å². The predicted molar refractivity (Wildman–Crippen MR) is 52.0 cm³/mol. The Morgan fingerprint density at radius 1 is 1.47 bits per heavy atom. The van der Waals surface area contributed by atoms with Crippen molar-refractivity contribution >= 4 is 5.97 Å². The summed E-state index contributed by atoms with van der Waals surface area (Å²) in [7, 11) is 0. The van der Waals surface area contributed by atoms with Crippen LogP contribution >= 0.6 is 0 Å². The zero-order valence-corrected chi connectivity index (χ0v) is 8.67. The van der Waals surface area contributed by atoms with E-state index in [1.807, 2.05) is 4.90 Å². The number of hydrogen-bond donors (Lipinski definition) is 1. The Labute approximate surface area is 87.4 Å². The first-order valence-corrected chi connectivity index (χ1v) is 4.89. The first-order valence-electron chi connectivity index (χ1n) is 4.89. The Morgan fingerprint density at radius 3 is 2.47 bits per heavy atom. The lowest BCUT2D eigenvalue weighted by Gasteiger charge is -2.31. The molecule has 0 aromatic heterocycles. The Bertz CT molecular complexity index is 267. The van der Waals surface area contributed by atoms with Gasteiger partial charge in [0.15, 0.2) is 0 Å². The van der Waals surface area contributed by atoms with Crippen LogP contribution in [0.5, 0.6) is 0 Å². The summed E-state index contributed by atoms with van der Waals surface area (Å²) >= 11 is 0. The highest BCUT2D eigenvalue weighted by molar-refractivity contribution is 5.80. The van der Waals surface area contributed by atoms with Crippen molar-refractivity contribution in [3.63, 3.8) is 0 Å². The van der Waals surface area contributed by atoms with Crippen molar-refractivity contribution in [2.24, 2.45) is 0 Å². The van der Waals surface area contributed by atoms with Crippen LogP contribution in [0.15, 0.2) is 11.6 Å². The molecule has 1 saturated heterocycles. The number of likely N-dealkylation sites (tertiary alicyclic amines) is 1. The Balaban J connectivity index is 2.39. The van der Waals surface area contributed by atoms with Gasteiger partial charge in [-0.2, -0.15) is 0 Å². The zero-order chi connectivity index (χ0) is 11.5. The maximum absolute atomic E-state index is 12.8. The summed E-state index contributed by atoms with van der Waals surface area (Å²) in [6, 6.07) is 0. The second-order valence-electron chi connectivity index (χ2n) is 3.96. The molecular formula is C10H15F2NO2. The minimum absolute atomic E-state index is 0.132. The molecule has 0 saturated carbocycles. The molecular weight excluding hydrogens is 204 g/mol. The van der Waals surface area contributed by atoms with Crippen LogP contribution in [0.25, 0.3) is 0 Å².